The van der Waals surface area contributed by atoms with Crippen LogP contribution in [-0.2, 0) is 6.54 Å². The van der Waals surface area contributed by atoms with E-state index in [1.807, 2.05) is 19.0 Å². The Kier molecular flexibility index (Phi) is 5.85. The fourth-order valence-electron chi connectivity index (χ4n) is 1.61. The minimum Gasteiger partial charge on any atom is -0.376 e. The summed E-state index contributed by atoms with van der Waals surface area (Å²) in [6.45, 7) is 5.94. The molecule has 0 unspecified atom stereocenters. The Labute approximate surface area is 109 Å². The molecule has 0 aliphatic carbocycles. The van der Waals surface area contributed by atoms with E-state index in [0.717, 1.165) is 25.1 Å². The molecule has 0 bridgehead atoms. The lowest BCUT2D eigenvalue weighted by molar-refractivity contribution is 0.499. The molecule has 1 N–H and O–H groups in total. The van der Waals surface area contributed by atoms with Crippen LogP contribution in [0.2, 0.25) is 0 Å². The van der Waals surface area contributed by atoms with Crippen LogP contribution in [0.15, 0.2) is 17.1 Å². The topological polar surface area (TPSA) is 50.2 Å². The van der Waals surface area contributed by atoms with Gasteiger partial charge < -0.3 is 10.2 Å². The number of anilines is 1. The van der Waals surface area contributed by atoms with Crippen molar-refractivity contribution in [1.82, 2.24) is 15.1 Å². The third kappa shape index (κ3) is 4.87. The molecule has 18 heavy (non-hydrogen) atoms. The molecule has 0 fully saturated rings. The molecule has 5 heteroatoms. The van der Waals surface area contributed by atoms with E-state index in [9.17, 15) is 4.79 Å². The van der Waals surface area contributed by atoms with Crippen molar-refractivity contribution in [3.8, 4) is 0 Å². The van der Waals surface area contributed by atoms with Crippen molar-refractivity contribution in [2.75, 3.05) is 25.5 Å². The largest absolute Gasteiger partial charge is 0.376 e. The van der Waals surface area contributed by atoms with Gasteiger partial charge in [-0.1, -0.05) is 13.8 Å². The summed E-state index contributed by atoms with van der Waals surface area (Å²) in [5.41, 5.74) is 0.816. The minimum absolute atomic E-state index is 0.0296. The van der Waals surface area contributed by atoms with Gasteiger partial charge in [0, 0.05) is 32.7 Å². The van der Waals surface area contributed by atoms with Crippen LogP contribution in [0.5, 0.6) is 0 Å². The second-order valence-electron chi connectivity index (χ2n) is 4.99. The average Bonchev–Trinajstić information content (AvgIpc) is 2.29. The van der Waals surface area contributed by atoms with E-state index in [4.69, 9.17) is 0 Å². The number of hydrogen-bond acceptors (Lipinski definition) is 4. The number of aromatic nitrogens is 2. The summed E-state index contributed by atoms with van der Waals surface area (Å²) in [4.78, 5) is 13.7. The highest BCUT2D eigenvalue weighted by atomic mass is 16.1. The van der Waals surface area contributed by atoms with Crippen LogP contribution >= 0.6 is 0 Å². The van der Waals surface area contributed by atoms with Gasteiger partial charge in [0.25, 0.3) is 5.56 Å². The maximum Gasteiger partial charge on any atom is 0.268 e. The number of rotatable bonds is 7. The van der Waals surface area contributed by atoms with Crippen LogP contribution in [0.4, 0.5) is 5.69 Å². The van der Waals surface area contributed by atoms with Gasteiger partial charge in [-0.15, -0.1) is 0 Å². The van der Waals surface area contributed by atoms with Crippen molar-refractivity contribution in [2.45, 2.75) is 39.3 Å². The lowest BCUT2D eigenvalue weighted by Crippen LogP contribution is -2.26. The second kappa shape index (κ2) is 7.16. The standard InChI is InChI=1S/C13H24N4O/c1-11(2)14-7-5-6-8-17-13(18)9-12(10-15-17)16(3)4/h9-11,14H,5-8H2,1-4H3. The van der Waals surface area contributed by atoms with Gasteiger partial charge in [0.15, 0.2) is 0 Å². The zero-order chi connectivity index (χ0) is 13.5. The molecule has 5 nitrogen and oxygen atoms in total. The van der Waals surface area contributed by atoms with Gasteiger partial charge in [-0.2, -0.15) is 5.10 Å². The summed E-state index contributed by atoms with van der Waals surface area (Å²) in [6, 6.07) is 2.14. The summed E-state index contributed by atoms with van der Waals surface area (Å²) in [5.74, 6) is 0. The van der Waals surface area contributed by atoms with Gasteiger partial charge in [0.1, 0.15) is 0 Å². The Morgan fingerprint density at radius 3 is 2.67 bits per heavy atom. The molecule has 0 spiro atoms. The van der Waals surface area contributed by atoms with Crippen LogP contribution in [0.1, 0.15) is 26.7 Å². The zero-order valence-corrected chi connectivity index (χ0v) is 11.8. The van der Waals surface area contributed by atoms with E-state index < -0.39 is 0 Å². The Morgan fingerprint density at radius 1 is 1.39 bits per heavy atom. The number of aryl methyl sites for hydroxylation is 1. The van der Waals surface area contributed by atoms with Gasteiger partial charge in [-0.05, 0) is 19.4 Å². The molecule has 0 aromatic carbocycles. The summed E-state index contributed by atoms with van der Waals surface area (Å²) < 4.78 is 1.53. The lowest BCUT2D eigenvalue weighted by atomic mass is 10.3. The molecule has 0 saturated heterocycles. The lowest BCUT2D eigenvalue weighted by Gasteiger charge is -2.12. The van der Waals surface area contributed by atoms with Gasteiger partial charge in [0.05, 0.1) is 11.9 Å². The van der Waals surface area contributed by atoms with E-state index in [2.05, 4.69) is 24.3 Å². The van der Waals surface area contributed by atoms with E-state index in [1.54, 1.807) is 12.3 Å². The smallest absolute Gasteiger partial charge is 0.268 e. The van der Waals surface area contributed by atoms with Gasteiger partial charge in [-0.25, -0.2) is 4.68 Å². The van der Waals surface area contributed by atoms with Crippen LogP contribution in [0.25, 0.3) is 0 Å². The molecule has 1 aromatic heterocycles. The van der Waals surface area contributed by atoms with Crippen molar-refractivity contribution in [3.63, 3.8) is 0 Å². The molecular weight excluding hydrogens is 228 g/mol. The highest BCUT2D eigenvalue weighted by Crippen LogP contribution is 2.03. The van der Waals surface area contributed by atoms with Crippen molar-refractivity contribution in [3.05, 3.63) is 22.6 Å². The molecule has 102 valence electrons. The molecular formula is C13H24N4O. The molecule has 0 saturated carbocycles. The highest BCUT2D eigenvalue weighted by Gasteiger charge is 2.01. The minimum atomic E-state index is -0.0296. The first-order valence-electron chi connectivity index (χ1n) is 6.48. The first kappa shape index (κ1) is 14.7. The summed E-state index contributed by atoms with van der Waals surface area (Å²) in [6.07, 6.45) is 3.75. The molecule has 0 radical (unpaired) electrons. The number of nitrogens with zero attached hydrogens (tertiary/aromatic N) is 3. The van der Waals surface area contributed by atoms with E-state index in [0.29, 0.717) is 12.6 Å². The monoisotopic (exact) mass is 252 g/mol. The predicted octanol–water partition coefficient (Wildman–Crippen LogP) is 1.09. The first-order valence-corrected chi connectivity index (χ1v) is 6.48. The van der Waals surface area contributed by atoms with E-state index in [-0.39, 0.29) is 5.56 Å². The maximum atomic E-state index is 11.8. The highest BCUT2D eigenvalue weighted by molar-refractivity contribution is 5.40. The van der Waals surface area contributed by atoms with Crippen molar-refractivity contribution >= 4 is 5.69 Å². The fourth-order valence-corrected chi connectivity index (χ4v) is 1.61. The number of hydrogen-bond donors (Lipinski definition) is 1. The van der Waals surface area contributed by atoms with Crippen molar-refractivity contribution in [2.24, 2.45) is 0 Å². The molecule has 0 amide bonds. The van der Waals surface area contributed by atoms with Crippen molar-refractivity contribution < 1.29 is 0 Å². The van der Waals surface area contributed by atoms with Crippen LogP contribution in [0.3, 0.4) is 0 Å². The van der Waals surface area contributed by atoms with Crippen LogP contribution in [0, 0.1) is 0 Å². The van der Waals surface area contributed by atoms with Crippen molar-refractivity contribution in [1.29, 1.82) is 0 Å². The van der Waals surface area contributed by atoms with Crippen LogP contribution < -0.4 is 15.8 Å². The average molecular weight is 252 g/mol. The third-order valence-corrected chi connectivity index (χ3v) is 2.72. The van der Waals surface area contributed by atoms with Gasteiger partial charge in [0.2, 0.25) is 0 Å². The fraction of sp³-hybridized carbons (Fsp3) is 0.692. The summed E-state index contributed by atoms with van der Waals surface area (Å²) in [5, 5.41) is 7.53. The first-order chi connectivity index (χ1) is 8.50. The van der Waals surface area contributed by atoms with Gasteiger partial charge >= 0.3 is 0 Å². The Hall–Kier alpha value is -1.36. The van der Waals surface area contributed by atoms with Crippen LogP contribution in [-0.4, -0.2) is 36.5 Å². The number of unbranched alkanes of at least 4 members (excludes halogenated alkanes) is 1. The zero-order valence-electron chi connectivity index (χ0n) is 11.8. The summed E-state index contributed by atoms with van der Waals surface area (Å²) >= 11 is 0. The third-order valence-electron chi connectivity index (χ3n) is 2.72. The molecule has 0 aliphatic heterocycles. The summed E-state index contributed by atoms with van der Waals surface area (Å²) in [7, 11) is 3.80. The van der Waals surface area contributed by atoms with E-state index in [1.165, 1.54) is 4.68 Å². The Bertz CT molecular complexity index is 412. The Morgan fingerprint density at radius 2 is 2.11 bits per heavy atom. The quantitative estimate of drug-likeness (QED) is 0.738. The molecule has 0 atom stereocenters. The molecule has 1 rings (SSSR count). The molecule has 1 heterocycles. The SMILES string of the molecule is CC(C)NCCCCn1ncc(N(C)C)cc1=O. The maximum absolute atomic E-state index is 11.8. The predicted molar refractivity (Wildman–Crippen MR) is 75.2 cm³/mol. The van der Waals surface area contributed by atoms with E-state index >= 15 is 0 Å². The van der Waals surface area contributed by atoms with Gasteiger partial charge in [-0.3, -0.25) is 4.79 Å². The molecule has 1 aromatic rings. The normalized spacial score (nSPS) is 10.9. The number of nitrogens with one attached hydrogen (secondary N) is 1. The Balaban J connectivity index is 2.41. The molecule has 0 aliphatic rings. The second-order valence-corrected chi connectivity index (χ2v) is 4.99.